The van der Waals surface area contributed by atoms with Gasteiger partial charge in [0.05, 0.1) is 15.3 Å². The zero-order valence-electron chi connectivity index (χ0n) is 8.90. The fourth-order valence-electron chi connectivity index (χ4n) is 1.79. The maximum absolute atomic E-state index is 11.7. The topological polar surface area (TPSA) is 63.5 Å². The highest BCUT2D eigenvalue weighted by molar-refractivity contribution is 14.1. The summed E-state index contributed by atoms with van der Waals surface area (Å²) in [6, 6.07) is 2.79. The molecule has 8 heteroatoms. The molecule has 1 heterocycles. The molecule has 1 fully saturated rings. The van der Waals surface area contributed by atoms with Gasteiger partial charge in [-0.3, -0.25) is 14.9 Å². The molecular formula is C10H7Cl2IN2O3. The summed E-state index contributed by atoms with van der Waals surface area (Å²) in [5.41, 5.74) is 0.0708. The minimum Gasteiger partial charge on any atom is -0.305 e. The summed E-state index contributed by atoms with van der Waals surface area (Å²) in [6.45, 7) is 0.262. The SMILES string of the molecule is O=C1CC(Cl)CN1c1cc(Cl)c(I)cc1[N+](=O)[O-]. The number of carbonyl (C=O) groups excluding carboxylic acids is 1. The normalized spacial score (nSPS) is 19.4. The molecule has 0 aliphatic carbocycles. The van der Waals surface area contributed by atoms with Gasteiger partial charge in [0.1, 0.15) is 5.69 Å². The Labute approximate surface area is 126 Å². The van der Waals surface area contributed by atoms with Crippen LogP contribution in [0, 0.1) is 13.7 Å². The first-order valence-electron chi connectivity index (χ1n) is 4.98. The molecule has 1 unspecified atom stereocenters. The first-order chi connectivity index (χ1) is 8.40. The van der Waals surface area contributed by atoms with E-state index >= 15 is 0 Å². The van der Waals surface area contributed by atoms with Gasteiger partial charge in [0.25, 0.3) is 5.69 Å². The number of carbonyl (C=O) groups is 1. The average Bonchev–Trinajstić information content (AvgIpc) is 2.61. The minimum atomic E-state index is -0.525. The van der Waals surface area contributed by atoms with Crippen LogP contribution < -0.4 is 4.90 Å². The highest BCUT2D eigenvalue weighted by Gasteiger charge is 2.33. The Morgan fingerprint density at radius 3 is 2.67 bits per heavy atom. The summed E-state index contributed by atoms with van der Waals surface area (Å²) < 4.78 is 0.568. The van der Waals surface area contributed by atoms with Gasteiger partial charge in [-0.05, 0) is 28.7 Å². The molecule has 0 aromatic heterocycles. The van der Waals surface area contributed by atoms with Gasteiger partial charge in [-0.1, -0.05) is 11.6 Å². The van der Waals surface area contributed by atoms with E-state index in [4.69, 9.17) is 23.2 Å². The van der Waals surface area contributed by atoms with Gasteiger partial charge in [0.2, 0.25) is 5.91 Å². The quantitative estimate of drug-likeness (QED) is 0.331. The Bertz CT molecular complexity index is 538. The summed E-state index contributed by atoms with van der Waals surface area (Å²) >= 11 is 13.7. The molecule has 96 valence electrons. The third-order valence-corrected chi connectivity index (χ3v) is 4.40. The van der Waals surface area contributed by atoms with Crippen LogP contribution in [0.1, 0.15) is 6.42 Å². The Kier molecular flexibility index (Phi) is 3.98. The van der Waals surface area contributed by atoms with Gasteiger partial charge in [0.15, 0.2) is 0 Å². The Morgan fingerprint density at radius 1 is 1.50 bits per heavy atom. The van der Waals surface area contributed by atoms with E-state index in [1.807, 2.05) is 22.6 Å². The van der Waals surface area contributed by atoms with Crippen molar-refractivity contribution in [2.24, 2.45) is 0 Å². The minimum absolute atomic E-state index is 0.136. The van der Waals surface area contributed by atoms with Crippen LogP contribution in [-0.4, -0.2) is 22.8 Å². The molecule has 0 bridgehead atoms. The van der Waals surface area contributed by atoms with E-state index in [1.54, 1.807) is 0 Å². The third-order valence-electron chi connectivity index (χ3n) is 2.58. The number of hydrogen-bond acceptors (Lipinski definition) is 3. The van der Waals surface area contributed by atoms with Crippen molar-refractivity contribution >= 4 is 63.1 Å². The van der Waals surface area contributed by atoms with Crippen LogP contribution in [0.25, 0.3) is 0 Å². The van der Waals surface area contributed by atoms with Crippen LogP contribution in [0.4, 0.5) is 11.4 Å². The van der Waals surface area contributed by atoms with E-state index in [0.29, 0.717) is 8.59 Å². The van der Waals surface area contributed by atoms with Gasteiger partial charge in [-0.25, -0.2) is 0 Å². The summed E-state index contributed by atoms with van der Waals surface area (Å²) in [6.07, 6.45) is 0.183. The highest BCUT2D eigenvalue weighted by Crippen LogP contribution is 2.37. The molecule has 0 spiro atoms. The fourth-order valence-corrected chi connectivity index (χ4v) is 2.66. The van der Waals surface area contributed by atoms with Crippen molar-refractivity contribution in [3.63, 3.8) is 0 Å². The van der Waals surface area contributed by atoms with Crippen LogP contribution in [-0.2, 0) is 4.79 Å². The van der Waals surface area contributed by atoms with Crippen LogP contribution in [0.3, 0.4) is 0 Å². The van der Waals surface area contributed by atoms with Gasteiger partial charge < -0.3 is 4.90 Å². The van der Waals surface area contributed by atoms with Crippen LogP contribution in [0.5, 0.6) is 0 Å². The molecule has 1 atom stereocenters. The highest BCUT2D eigenvalue weighted by atomic mass is 127. The maximum Gasteiger partial charge on any atom is 0.294 e. The lowest BCUT2D eigenvalue weighted by molar-refractivity contribution is -0.384. The number of nitro groups is 1. The second-order valence-electron chi connectivity index (χ2n) is 3.82. The van der Waals surface area contributed by atoms with Gasteiger partial charge in [-0.2, -0.15) is 0 Å². The van der Waals surface area contributed by atoms with Gasteiger partial charge in [0, 0.05) is 22.6 Å². The average molecular weight is 401 g/mol. The number of benzene rings is 1. The van der Waals surface area contributed by atoms with Crippen molar-refractivity contribution in [3.8, 4) is 0 Å². The third kappa shape index (κ3) is 2.55. The van der Waals surface area contributed by atoms with Crippen LogP contribution in [0.15, 0.2) is 12.1 Å². The summed E-state index contributed by atoms with van der Waals surface area (Å²) in [4.78, 5) is 23.5. The fraction of sp³-hybridized carbons (Fsp3) is 0.300. The molecule has 0 radical (unpaired) electrons. The predicted octanol–water partition coefficient (Wildman–Crippen LogP) is 3.20. The molecule has 1 aliphatic rings. The maximum atomic E-state index is 11.7. The predicted molar refractivity (Wildman–Crippen MR) is 77.4 cm³/mol. The summed E-state index contributed by atoms with van der Waals surface area (Å²) in [5, 5.41) is 11.1. The number of hydrogen-bond donors (Lipinski definition) is 0. The Balaban J connectivity index is 2.52. The molecule has 5 nitrogen and oxygen atoms in total. The molecule has 1 aromatic carbocycles. The summed E-state index contributed by atoms with van der Waals surface area (Å²) in [7, 11) is 0. The number of rotatable bonds is 2. The van der Waals surface area contributed by atoms with E-state index in [-0.39, 0.29) is 35.6 Å². The van der Waals surface area contributed by atoms with Crippen molar-refractivity contribution in [1.29, 1.82) is 0 Å². The molecule has 0 N–H and O–H groups in total. The van der Waals surface area contributed by atoms with Crippen molar-refractivity contribution < 1.29 is 9.72 Å². The molecule has 1 aliphatic heterocycles. The summed E-state index contributed by atoms with van der Waals surface area (Å²) in [5.74, 6) is -0.227. The van der Waals surface area contributed by atoms with Crippen molar-refractivity contribution in [3.05, 3.63) is 30.8 Å². The molecular weight excluding hydrogens is 394 g/mol. The molecule has 1 aromatic rings. The number of amides is 1. The largest absolute Gasteiger partial charge is 0.305 e. The molecule has 18 heavy (non-hydrogen) atoms. The van der Waals surface area contributed by atoms with Crippen LogP contribution in [0.2, 0.25) is 5.02 Å². The molecule has 2 rings (SSSR count). The van der Waals surface area contributed by atoms with E-state index < -0.39 is 4.92 Å². The first-order valence-corrected chi connectivity index (χ1v) is 6.87. The molecule has 0 saturated carbocycles. The zero-order valence-corrected chi connectivity index (χ0v) is 12.6. The van der Waals surface area contributed by atoms with E-state index in [9.17, 15) is 14.9 Å². The molecule has 1 amide bonds. The zero-order chi connectivity index (χ0) is 13.4. The number of nitrogens with zero attached hydrogens (tertiary/aromatic N) is 2. The monoisotopic (exact) mass is 400 g/mol. The standard InChI is InChI=1S/C10H7Cl2IN2O3/c11-5-1-10(16)14(4-5)8-2-6(12)7(13)3-9(8)15(17)18/h2-3,5H,1,4H2. The lowest BCUT2D eigenvalue weighted by Gasteiger charge is -2.16. The number of halogens is 3. The smallest absolute Gasteiger partial charge is 0.294 e. The second kappa shape index (κ2) is 5.18. The first kappa shape index (κ1) is 13.8. The van der Waals surface area contributed by atoms with Crippen molar-refractivity contribution in [1.82, 2.24) is 0 Å². The van der Waals surface area contributed by atoms with Gasteiger partial charge in [-0.15, -0.1) is 11.6 Å². The van der Waals surface area contributed by atoms with Crippen molar-refractivity contribution in [2.75, 3.05) is 11.4 Å². The lowest BCUT2D eigenvalue weighted by atomic mass is 10.2. The van der Waals surface area contributed by atoms with E-state index in [2.05, 4.69) is 0 Å². The second-order valence-corrected chi connectivity index (χ2v) is 6.00. The van der Waals surface area contributed by atoms with E-state index in [1.165, 1.54) is 17.0 Å². The number of alkyl halides is 1. The number of anilines is 1. The lowest BCUT2D eigenvalue weighted by Crippen LogP contribution is -2.25. The Morgan fingerprint density at radius 2 is 2.17 bits per heavy atom. The number of nitro benzene ring substituents is 1. The van der Waals surface area contributed by atoms with Crippen molar-refractivity contribution in [2.45, 2.75) is 11.8 Å². The van der Waals surface area contributed by atoms with Crippen LogP contribution >= 0.6 is 45.8 Å². The molecule has 1 saturated heterocycles. The Hall–Kier alpha value is -0.600. The van der Waals surface area contributed by atoms with Gasteiger partial charge >= 0.3 is 0 Å². The van der Waals surface area contributed by atoms with E-state index in [0.717, 1.165) is 0 Å².